The van der Waals surface area contributed by atoms with Gasteiger partial charge in [0.25, 0.3) is 0 Å². The summed E-state index contributed by atoms with van der Waals surface area (Å²) in [5.41, 5.74) is 7.76. The lowest BCUT2D eigenvalue weighted by Gasteiger charge is -2.10. The quantitative estimate of drug-likeness (QED) is 0.836. The minimum Gasteiger partial charge on any atom is -0.496 e. The van der Waals surface area contributed by atoms with Gasteiger partial charge in [0.05, 0.1) is 13.4 Å². The molecule has 2 aromatic rings. The minimum atomic E-state index is 0.128. The second-order valence-electron chi connectivity index (χ2n) is 3.80. The van der Waals surface area contributed by atoms with Crippen LogP contribution in [0.5, 0.6) is 5.75 Å². The maximum atomic E-state index is 5.79. The Hall–Kier alpha value is -1.48. The fraction of sp³-hybridized carbons (Fsp3) is 0.333. The van der Waals surface area contributed by atoms with Crippen molar-refractivity contribution in [1.82, 2.24) is 0 Å². The molecule has 2 rings (SSSR count). The average molecular weight is 205 g/mol. The van der Waals surface area contributed by atoms with Crippen molar-refractivity contribution in [3.8, 4) is 5.75 Å². The van der Waals surface area contributed by atoms with Gasteiger partial charge in [0.15, 0.2) is 0 Å². The smallest absolute Gasteiger partial charge is 0.137 e. The Kier molecular flexibility index (Phi) is 2.64. The lowest BCUT2D eigenvalue weighted by molar-refractivity contribution is 0.408. The maximum Gasteiger partial charge on any atom is 0.137 e. The molecule has 0 amide bonds. The van der Waals surface area contributed by atoms with E-state index in [0.717, 1.165) is 28.7 Å². The highest BCUT2D eigenvalue weighted by molar-refractivity contribution is 5.80. The van der Waals surface area contributed by atoms with Crippen molar-refractivity contribution < 1.29 is 9.15 Å². The highest BCUT2D eigenvalue weighted by atomic mass is 16.5. The molecule has 2 N–H and O–H groups in total. The molecular weight excluding hydrogens is 190 g/mol. The summed E-state index contributed by atoms with van der Waals surface area (Å²) < 4.78 is 10.6. The lowest BCUT2D eigenvalue weighted by Crippen LogP contribution is -2.18. The van der Waals surface area contributed by atoms with Crippen LogP contribution < -0.4 is 10.5 Å². The molecule has 0 aliphatic carbocycles. The van der Waals surface area contributed by atoms with E-state index in [4.69, 9.17) is 14.9 Å². The van der Waals surface area contributed by atoms with Crippen LogP contribution in [0.2, 0.25) is 0 Å². The summed E-state index contributed by atoms with van der Waals surface area (Å²) in [4.78, 5) is 0. The minimum absolute atomic E-state index is 0.128. The van der Waals surface area contributed by atoms with E-state index in [-0.39, 0.29) is 6.04 Å². The summed E-state index contributed by atoms with van der Waals surface area (Å²) in [5.74, 6) is 0.842. The summed E-state index contributed by atoms with van der Waals surface area (Å²) in [7, 11) is 1.66. The van der Waals surface area contributed by atoms with Crippen LogP contribution in [-0.4, -0.2) is 13.2 Å². The van der Waals surface area contributed by atoms with Crippen LogP contribution in [0.1, 0.15) is 12.5 Å². The molecule has 0 bridgehead atoms. The van der Waals surface area contributed by atoms with Gasteiger partial charge in [0.2, 0.25) is 0 Å². The third kappa shape index (κ3) is 1.97. The Morgan fingerprint density at radius 3 is 2.93 bits per heavy atom. The van der Waals surface area contributed by atoms with Gasteiger partial charge in [-0.1, -0.05) is 0 Å². The fourth-order valence-electron chi connectivity index (χ4n) is 1.73. The van der Waals surface area contributed by atoms with Gasteiger partial charge in [-0.15, -0.1) is 0 Å². The number of ether oxygens (including phenoxy) is 1. The molecule has 1 atom stereocenters. The first-order chi connectivity index (χ1) is 7.20. The zero-order valence-corrected chi connectivity index (χ0v) is 8.99. The number of benzene rings is 1. The van der Waals surface area contributed by atoms with E-state index in [2.05, 4.69) is 6.07 Å². The average Bonchev–Trinajstić information content (AvgIpc) is 2.62. The van der Waals surface area contributed by atoms with Gasteiger partial charge >= 0.3 is 0 Å². The molecule has 0 spiro atoms. The van der Waals surface area contributed by atoms with Crippen LogP contribution in [0.15, 0.2) is 28.9 Å². The van der Waals surface area contributed by atoms with Gasteiger partial charge < -0.3 is 14.9 Å². The molecule has 0 radical (unpaired) electrons. The third-order valence-corrected chi connectivity index (χ3v) is 2.40. The van der Waals surface area contributed by atoms with Gasteiger partial charge in [-0.3, -0.25) is 0 Å². The van der Waals surface area contributed by atoms with Gasteiger partial charge in [0.1, 0.15) is 11.3 Å². The first-order valence-electron chi connectivity index (χ1n) is 5.00. The summed E-state index contributed by atoms with van der Waals surface area (Å²) >= 11 is 0. The number of hydrogen-bond acceptors (Lipinski definition) is 3. The maximum absolute atomic E-state index is 5.79. The van der Waals surface area contributed by atoms with Crippen LogP contribution in [0.25, 0.3) is 11.0 Å². The summed E-state index contributed by atoms with van der Waals surface area (Å²) in [5, 5.41) is 1.09. The molecule has 0 saturated carbocycles. The molecule has 1 aromatic carbocycles. The number of methoxy groups -OCH3 is 1. The lowest BCUT2D eigenvalue weighted by atomic mass is 10.0. The monoisotopic (exact) mass is 205 g/mol. The van der Waals surface area contributed by atoms with E-state index in [0.29, 0.717) is 0 Å². The van der Waals surface area contributed by atoms with Crippen molar-refractivity contribution in [1.29, 1.82) is 0 Å². The van der Waals surface area contributed by atoms with Gasteiger partial charge in [0, 0.05) is 17.5 Å². The van der Waals surface area contributed by atoms with Gasteiger partial charge in [-0.25, -0.2) is 0 Å². The number of nitrogens with two attached hydrogens (primary N) is 1. The molecule has 1 unspecified atom stereocenters. The van der Waals surface area contributed by atoms with Crippen LogP contribution in [-0.2, 0) is 6.42 Å². The Morgan fingerprint density at radius 2 is 2.27 bits per heavy atom. The number of hydrogen-bond donors (Lipinski definition) is 1. The van der Waals surface area contributed by atoms with Gasteiger partial charge in [-0.2, -0.15) is 0 Å². The topological polar surface area (TPSA) is 48.4 Å². The van der Waals surface area contributed by atoms with Crippen LogP contribution >= 0.6 is 0 Å². The second kappa shape index (κ2) is 3.95. The molecule has 3 heteroatoms. The highest BCUT2D eigenvalue weighted by Gasteiger charge is 2.08. The van der Waals surface area contributed by atoms with Crippen molar-refractivity contribution >= 4 is 11.0 Å². The third-order valence-electron chi connectivity index (χ3n) is 2.40. The molecule has 1 aromatic heterocycles. The van der Waals surface area contributed by atoms with Crippen molar-refractivity contribution in [2.75, 3.05) is 7.11 Å². The molecule has 1 heterocycles. The predicted molar refractivity (Wildman–Crippen MR) is 60.1 cm³/mol. The first kappa shape index (κ1) is 10.1. The molecule has 0 saturated heterocycles. The molecule has 80 valence electrons. The van der Waals surface area contributed by atoms with Crippen molar-refractivity contribution in [3.05, 3.63) is 30.0 Å². The molecule has 15 heavy (non-hydrogen) atoms. The molecule has 3 nitrogen and oxygen atoms in total. The van der Waals surface area contributed by atoms with Crippen molar-refractivity contribution in [2.24, 2.45) is 5.73 Å². The molecule has 0 fully saturated rings. The normalized spacial score (nSPS) is 13.0. The van der Waals surface area contributed by atoms with Crippen LogP contribution in [0.4, 0.5) is 0 Å². The Bertz CT molecular complexity index is 460. The van der Waals surface area contributed by atoms with E-state index in [1.165, 1.54) is 0 Å². The molecular formula is C12H15NO2. The Labute approximate surface area is 88.8 Å². The van der Waals surface area contributed by atoms with Crippen LogP contribution in [0.3, 0.4) is 0 Å². The van der Waals surface area contributed by atoms with E-state index in [1.807, 2.05) is 19.1 Å². The fourth-order valence-corrected chi connectivity index (χ4v) is 1.73. The molecule has 0 aliphatic rings. The standard InChI is InChI=1S/C12H15NO2/c1-8(13)5-10-6-9-3-4-15-12(9)7-11(10)14-2/h3-4,6-8H,5,13H2,1-2H3. The summed E-state index contributed by atoms with van der Waals surface area (Å²) in [6.07, 6.45) is 2.49. The van der Waals surface area contributed by atoms with E-state index >= 15 is 0 Å². The SMILES string of the molecule is COc1cc2occc2cc1CC(C)N. The summed E-state index contributed by atoms with van der Waals surface area (Å²) in [6, 6.07) is 6.05. The van der Waals surface area contributed by atoms with E-state index in [1.54, 1.807) is 13.4 Å². The number of fused-ring (bicyclic) bond motifs is 1. The zero-order chi connectivity index (χ0) is 10.8. The van der Waals surface area contributed by atoms with Crippen molar-refractivity contribution in [2.45, 2.75) is 19.4 Å². The van der Waals surface area contributed by atoms with E-state index in [9.17, 15) is 0 Å². The van der Waals surface area contributed by atoms with Gasteiger partial charge in [-0.05, 0) is 31.0 Å². The largest absolute Gasteiger partial charge is 0.496 e. The summed E-state index contributed by atoms with van der Waals surface area (Å²) in [6.45, 7) is 1.99. The van der Waals surface area contributed by atoms with Crippen molar-refractivity contribution in [3.63, 3.8) is 0 Å². The highest BCUT2D eigenvalue weighted by Crippen LogP contribution is 2.27. The number of rotatable bonds is 3. The Balaban J connectivity index is 2.49. The second-order valence-corrected chi connectivity index (χ2v) is 3.80. The zero-order valence-electron chi connectivity index (χ0n) is 8.99. The van der Waals surface area contributed by atoms with Crippen LogP contribution in [0, 0.1) is 0 Å². The van der Waals surface area contributed by atoms with E-state index < -0.39 is 0 Å². The number of furan rings is 1. The molecule has 0 aliphatic heterocycles. The Morgan fingerprint density at radius 1 is 1.47 bits per heavy atom. The first-order valence-corrected chi connectivity index (χ1v) is 5.00. The predicted octanol–water partition coefficient (Wildman–Crippen LogP) is 2.33.